The molecule has 0 saturated carbocycles. The van der Waals surface area contributed by atoms with Gasteiger partial charge in [-0.05, 0) is 19.4 Å². The number of hydrogen-bond donors (Lipinski definition) is 2. The van der Waals surface area contributed by atoms with E-state index in [0.29, 0.717) is 13.0 Å². The van der Waals surface area contributed by atoms with E-state index in [1.54, 1.807) is 0 Å². The fourth-order valence-corrected chi connectivity index (χ4v) is 0.774. The highest BCUT2D eigenvalue weighted by Gasteiger charge is 1.94. The van der Waals surface area contributed by atoms with Crippen molar-refractivity contribution < 1.29 is 9.90 Å². The third-order valence-electron chi connectivity index (χ3n) is 1.34. The maximum Gasteiger partial charge on any atom is 0.303 e. The topological polar surface area (TPSA) is 63.3 Å². The van der Waals surface area contributed by atoms with Crippen LogP contribution in [-0.2, 0) is 4.79 Å². The zero-order valence-electron chi connectivity index (χ0n) is 8.18. The summed E-state index contributed by atoms with van der Waals surface area (Å²) in [6, 6.07) is 0. The molecular formula is C9H21NO2. The summed E-state index contributed by atoms with van der Waals surface area (Å²) in [5, 5.41) is 8.25. The van der Waals surface area contributed by atoms with Gasteiger partial charge in [0.15, 0.2) is 0 Å². The molecule has 12 heavy (non-hydrogen) atoms. The van der Waals surface area contributed by atoms with Crippen LogP contribution in [0.4, 0.5) is 0 Å². The predicted molar refractivity (Wildman–Crippen MR) is 51.1 cm³/mol. The second kappa shape index (κ2) is 13.1. The Morgan fingerprint density at radius 2 is 1.67 bits per heavy atom. The van der Waals surface area contributed by atoms with Crippen LogP contribution in [0.5, 0.6) is 0 Å². The largest absolute Gasteiger partial charge is 0.481 e. The van der Waals surface area contributed by atoms with Crippen molar-refractivity contribution >= 4 is 5.97 Å². The van der Waals surface area contributed by atoms with Crippen molar-refractivity contribution in [1.82, 2.24) is 0 Å². The molecule has 0 aromatic rings. The van der Waals surface area contributed by atoms with Crippen molar-refractivity contribution in [3.8, 4) is 0 Å². The Hall–Kier alpha value is -0.570. The lowest BCUT2D eigenvalue weighted by Crippen LogP contribution is -1.98. The summed E-state index contributed by atoms with van der Waals surface area (Å²) in [5.41, 5.74) is 5.25. The van der Waals surface area contributed by atoms with Crippen LogP contribution in [0.15, 0.2) is 0 Å². The second-order valence-corrected chi connectivity index (χ2v) is 2.35. The van der Waals surface area contributed by atoms with E-state index in [-0.39, 0.29) is 0 Å². The Kier molecular flexibility index (Phi) is 15.2. The van der Waals surface area contributed by atoms with Gasteiger partial charge in [0.1, 0.15) is 0 Å². The van der Waals surface area contributed by atoms with Crippen LogP contribution in [0.25, 0.3) is 0 Å². The predicted octanol–water partition coefficient (Wildman–Crippen LogP) is 2.01. The van der Waals surface area contributed by atoms with Gasteiger partial charge in [-0.3, -0.25) is 4.79 Å². The molecule has 0 atom stereocenters. The molecule has 0 aliphatic heterocycles. The van der Waals surface area contributed by atoms with E-state index in [0.717, 1.165) is 25.7 Å². The molecule has 0 heterocycles. The Morgan fingerprint density at radius 1 is 1.17 bits per heavy atom. The number of aliphatic carboxylic acids is 1. The molecule has 0 unspecified atom stereocenters. The standard InChI is InChI=1S/C7H15NO2.C2H6/c8-6-4-2-1-3-5-7(9)10;1-2/h1-6,8H2,(H,9,10);1-2H3. The van der Waals surface area contributed by atoms with Crippen molar-refractivity contribution in [3.05, 3.63) is 0 Å². The fraction of sp³-hybridized carbons (Fsp3) is 0.889. The minimum atomic E-state index is -0.701. The first-order valence-corrected chi connectivity index (χ1v) is 4.69. The van der Waals surface area contributed by atoms with Crippen LogP contribution in [0, 0.1) is 0 Å². The monoisotopic (exact) mass is 175 g/mol. The van der Waals surface area contributed by atoms with Crippen LogP contribution >= 0.6 is 0 Å². The second-order valence-electron chi connectivity index (χ2n) is 2.35. The van der Waals surface area contributed by atoms with Crippen LogP contribution < -0.4 is 5.73 Å². The van der Waals surface area contributed by atoms with E-state index in [1.807, 2.05) is 13.8 Å². The molecule has 74 valence electrons. The first-order chi connectivity index (χ1) is 5.77. The maximum absolute atomic E-state index is 10.0. The van der Waals surface area contributed by atoms with E-state index < -0.39 is 5.97 Å². The van der Waals surface area contributed by atoms with Crippen LogP contribution in [-0.4, -0.2) is 17.6 Å². The van der Waals surface area contributed by atoms with E-state index in [1.165, 1.54) is 0 Å². The number of rotatable bonds is 6. The molecule has 0 amide bonds. The van der Waals surface area contributed by atoms with Crippen molar-refractivity contribution in [1.29, 1.82) is 0 Å². The average molecular weight is 175 g/mol. The third kappa shape index (κ3) is 16.2. The Labute approximate surface area is 75.0 Å². The van der Waals surface area contributed by atoms with Gasteiger partial charge >= 0.3 is 5.97 Å². The van der Waals surface area contributed by atoms with Gasteiger partial charge in [0, 0.05) is 6.42 Å². The zero-order valence-corrected chi connectivity index (χ0v) is 8.18. The Bertz CT molecular complexity index is 94.5. The summed E-state index contributed by atoms with van der Waals surface area (Å²) < 4.78 is 0. The molecule has 3 heteroatoms. The molecule has 0 fully saturated rings. The quantitative estimate of drug-likeness (QED) is 0.607. The SMILES string of the molecule is CC.NCCCCCCC(=O)O. The summed E-state index contributed by atoms with van der Waals surface area (Å²) in [5.74, 6) is -0.701. The van der Waals surface area contributed by atoms with Crippen molar-refractivity contribution in [3.63, 3.8) is 0 Å². The summed E-state index contributed by atoms with van der Waals surface area (Å²) in [6.07, 6.45) is 4.15. The molecule has 3 nitrogen and oxygen atoms in total. The Balaban J connectivity index is 0. The summed E-state index contributed by atoms with van der Waals surface area (Å²) in [7, 11) is 0. The number of hydrogen-bond acceptors (Lipinski definition) is 2. The van der Waals surface area contributed by atoms with E-state index in [4.69, 9.17) is 10.8 Å². The summed E-state index contributed by atoms with van der Waals surface area (Å²) in [6.45, 7) is 4.72. The van der Waals surface area contributed by atoms with Crippen molar-refractivity contribution in [2.45, 2.75) is 46.0 Å². The first kappa shape index (κ1) is 14.0. The zero-order chi connectivity index (χ0) is 9.82. The third-order valence-corrected chi connectivity index (χ3v) is 1.34. The summed E-state index contributed by atoms with van der Waals surface area (Å²) >= 11 is 0. The first-order valence-electron chi connectivity index (χ1n) is 4.69. The molecule has 0 aliphatic carbocycles. The minimum absolute atomic E-state index is 0.296. The average Bonchev–Trinajstić information content (AvgIpc) is 2.07. The number of carbonyl (C=O) groups is 1. The van der Waals surface area contributed by atoms with Crippen LogP contribution in [0.1, 0.15) is 46.0 Å². The van der Waals surface area contributed by atoms with Gasteiger partial charge in [-0.1, -0.05) is 26.7 Å². The van der Waals surface area contributed by atoms with Gasteiger partial charge in [-0.25, -0.2) is 0 Å². The lowest BCUT2D eigenvalue weighted by atomic mass is 10.1. The van der Waals surface area contributed by atoms with Gasteiger partial charge in [0.2, 0.25) is 0 Å². The number of carboxylic acid groups (broad SMARTS) is 1. The van der Waals surface area contributed by atoms with Gasteiger partial charge in [-0.2, -0.15) is 0 Å². The van der Waals surface area contributed by atoms with E-state index in [2.05, 4.69) is 0 Å². The van der Waals surface area contributed by atoms with Crippen LogP contribution in [0.3, 0.4) is 0 Å². The molecule has 0 rings (SSSR count). The van der Waals surface area contributed by atoms with Crippen LogP contribution in [0.2, 0.25) is 0 Å². The molecule has 0 aromatic carbocycles. The fourth-order valence-electron chi connectivity index (χ4n) is 0.774. The number of unbranched alkanes of at least 4 members (excludes halogenated alkanes) is 3. The number of carboxylic acids is 1. The van der Waals surface area contributed by atoms with E-state index in [9.17, 15) is 4.79 Å². The highest BCUT2D eigenvalue weighted by atomic mass is 16.4. The molecule has 0 saturated heterocycles. The van der Waals surface area contributed by atoms with Crippen molar-refractivity contribution in [2.24, 2.45) is 5.73 Å². The molecular weight excluding hydrogens is 154 g/mol. The lowest BCUT2D eigenvalue weighted by Gasteiger charge is -1.95. The molecule has 3 N–H and O–H groups in total. The van der Waals surface area contributed by atoms with Gasteiger partial charge in [0.25, 0.3) is 0 Å². The molecule has 0 spiro atoms. The van der Waals surface area contributed by atoms with Gasteiger partial charge < -0.3 is 10.8 Å². The maximum atomic E-state index is 10.0. The lowest BCUT2D eigenvalue weighted by molar-refractivity contribution is -0.137. The molecule has 0 aliphatic rings. The van der Waals surface area contributed by atoms with Gasteiger partial charge in [0.05, 0.1) is 0 Å². The van der Waals surface area contributed by atoms with Gasteiger partial charge in [-0.15, -0.1) is 0 Å². The number of nitrogens with two attached hydrogens (primary N) is 1. The molecule has 0 aromatic heterocycles. The summed E-state index contributed by atoms with van der Waals surface area (Å²) in [4.78, 5) is 10.0. The highest BCUT2D eigenvalue weighted by molar-refractivity contribution is 5.66. The molecule has 0 radical (unpaired) electrons. The van der Waals surface area contributed by atoms with Crippen molar-refractivity contribution in [2.75, 3.05) is 6.54 Å². The normalized spacial score (nSPS) is 8.58. The molecule has 0 bridgehead atoms. The minimum Gasteiger partial charge on any atom is -0.481 e. The van der Waals surface area contributed by atoms with E-state index >= 15 is 0 Å². The highest BCUT2D eigenvalue weighted by Crippen LogP contribution is 2.01. The Morgan fingerprint density at radius 3 is 2.08 bits per heavy atom. The smallest absolute Gasteiger partial charge is 0.303 e.